The van der Waals surface area contributed by atoms with Crippen LogP contribution in [0.1, 0.15) is 32.4 Å². The Hall–Kier alpha value is -0.380. The molecule has 1 aromatic heterocycles. The molecular weight excluding hydrogens is 230 g/mol. The quantitative estimate of drug-likeness (QED) is 0.747. The zero-order valence-corrected chi connectivity index (χ0v) is 9.79. The highest BCUT2D eigenvalue weighted by Gasteiger charge is 1.99. The summed E-state index contributed by atoms with van der Waals surface area (Å²) in [4.78, 5) is 0. The third kappa shape index (κ3) is 3.89. The van der Waals surface area contributed by atoms with Crippen molar-refractivity contribution in [2.75, 3.05) is 0 Å². The van der Waals surface area contributed by atoms with Gasteiger partial charge in [-0.3, -0.25) is 4.68 Å². The fraction of sp³-hybridized carbons (Fsp3) is 0.778. The lowest BCUT2D eigenvalue weighted by atomic mass is 10.1. The van der Waals surface area contributed by atoms with Gasteiger partial charge >= 0.3 is 0 Å². The lowest BCUT2D eigenvalue weighted by molar-refractivity contribution is 0.482. The van der Waals surface area contributed by atoms with Crippen molar-refractivity contribution >= 4 is 15.9 Å². The van der Waals surface area contributed by atoms with Gasteiger partial charge in [-0.15, -0.1) is 5.10 Å². The first kappa shape index (κ1) is 10.7. The van der Waals surface area contributed by atoms with Gasteiger partial charge in [-0.05, 0) is 18.8 Å². The predicted molar refractivity (Wildman–Crippen MR) is 56.7 cm³/mol. The SMILES string of the molecule is CC(C)CCCn1cc(CBr)nn1. The second kappa shape index (κ2) is 5.37. The Balaban J connectivity index is 2.28. The van der Waals surface area contributed by atoms with E-state index in [9.17, 15) is 0 Å². The van der Waals surface area contributed by atoms with E-state index >= 15 is 0 Å². The van der Waals surface area contributed by atoms with Gasteiger partial charge in [0.2, 0.25) is 0 Å². The number of rotatable bonds is 5. The second-order valence-corrected chi connectivity index (χ2v) is 4.20. The Labute approximate surface area is 87.6 Å². The molecule has 1 aromatic rings. The monoisotopic (exact) mass is 245 g/mol. The van der Waals surface area contributed by atoms with Crippen molar-refractivity contribution < 1.29 is 0 Å². The number of hydrogen-bond acceptors (Lipinski definition) is 2. The second-order valence-electron chi connectivity index (χ2n) is 3.64. The summed E-state index contributed by atoms with van der Waals surface area (Å²) in [6.07, 6.45) is 4.43. The van der Waals surface area contributed by atoms with Crippen LogP contribution in [0.15, 0.2) is 6.20 Å². The molecule has 1 rings (SSSR count). The zero-order valence-electron chi connectivity index (χ0n) is 8.20. The van der Waals surface area contributed by atoms with Gasteiger partial charge in [-0.1, -0.05) is 35.0 Å². The minimum absolute atomic E-state index is 0.777. The van der Waals surface area contributed by atoms with Gasteiger partial charge in [0.1, 0.15) is 0 Å². The third-order valence-electron chi connectivity index (χ3n) is 1.89. The molecule has 13 heavy (non-hydrogen) atoms. The minimum Gasteiger partial charge on any atom is -0.252 e. The van der Waals surface area contributed by atoms with E-state index in [1.165, 1.54) is 12.8 Å². The fourth-order valence-corrected chi connectivity index (χ4v) is 1.43. The molecule has 0 saturated heterocycles. The Morgan fingerprint density at radius 3 is 2.85 bits per heavy atom. The molecule has 0 aliphatic heterocycles. The molecule has 0 atom stereocenters. The van der Waals surface area contributed by atoms with Crippen LogP contribution in [0.25, 0.3) is 0 Å². The molecule has 0 bridgehead atoms. The highest BCUT2D eigenvalue weighted by Crippen LogP contribution is 2.05. The van der Waals surface area contributed by atoms with Crippen LogP contribution in [0, 0.1) is 5.92 Å². The Bertz CT molecular complexity index is 245. The molecule has 0 radical (unpaired) electrons. The highest BCUT2D eigenvalue weighted by molar-refractivity contribution is 9.08. The van der Waals surface area contributed by atoms with Gasteiger partial charge in [0.25, 0.3) is 0 Å². The number of halogens is 1. The van der Waals surface area contributed by atoms with Crippen LogP contribution in [0.4, 0.5) is 0 Å². The van der Waals surface area contributed by atoms with Crippen LogP contribution in [-0.4, -0.2) is 15.0 Å². The first-order valence-electron chi connectivity index (χ1n) is 4.67. The molecule has 0 aromatic carbocycles. The summed E-state index contributed by atoms with van der Waals surface area (Å²) in [7, 11) is 0. The molecule has 1 heterocycles. The van der Waals surface area contributed by atoms with Crippen LogP contribution >= 0.6 is 15.9 Å². The number of hydrogen-bond donors (Lipinski definition) is 0. The summed E-state index contributed by atoms with van der Waals surface area (Å²) in [6.45, 7) is 5.47. The normalized spacial score (nSPS) is 11.1. The zero-order chi connectivity index (χ0) is 9.68. The standard InChI is InChI=1S/C9H16BrN3/c1-8(2)4-3-5-13-7-9(6-10)11-12-13/h7-8H,3-6H2,1-2H3. The average molecular weight is 246 g/mol. The van der Waals surface area contributed by atoms with Crippen LogP contribution in [0.3, 0.4) is 0 Å². The van der Waals surface area contributed by atoms with E-state index in [0.29, 0.717) is 0 Å². The summed E-state index contributed by atoms with van der Waals surface area (Å²) in [5.74, 6) is 0.777. The molecule has 74 valence electrons. The molecule has 0 aliphatic carbocycles. The smallest absolute Gasteiger partial charge is 0.0932 e. The molecular formula is C9H16BrN3. The van der Waals surface area contributed by atoms with Gasteiger partial charge in [-0.25, -0.2) is 0 Å². The van der Waals surface area contributed by atoms with E-state index in [-0.39, 0.29) is 0 Å². The molecule has 0 saturated carbocycles. The Morgan fingerprint density at radius 2 is 2.31 bits per heavy atom. The lowest BCUT2D eigenvalue weighted by Gasteiger charge is -2.03. The average Bonchev–Trinajstić information content (AvgIpc) is 2.52. The summed E-state index contributed by atoms with van der Waals surface area (Å²) in [5.41, 5.74) is 1.00. The fourth-order valence-electron chi connectivity index (χ4n) is 1.17. The molecule has 3 nitrogen and oxygen atoms in total. The van der Waals surface area contributed by atoms with E-state index in [0.717, 1.165) is 23.5 Å². The number of alkyl halides is 1. The topological polar surface area (TPSA) is 30.7 Å². The third-order valence-corrected chi connectivity index (χ3v) is 2.47. The molecule has 0 aliphatic rings. The van der Waals surface area contributed by atoms with E-state index in [1.807, 2.05) is 10.9 Å². The van der Waals surface area contributed by atoms with Crippen LogP contribution < -0.4 is 0 Å². The van der Waals surface area contributed by atoms with Crippen molar-refractivity contribution in [3.8, 4) is 0 Å². The van der Waals surface area contributed by atoms with E-state index in [1.54, 1.807) is 0 Å². The number of aromatic nitrogens is 3. The van der Waals surface area contributed by atoms with Crippen molar-refractivity contribution in [1.29, 1.82) is 0 Å². The van der Waals surface area contributed by atoms with E-state index < -0.39 is 0 Å². The largest absolute Gasteiger partial charge is 0.252 e. The maximum Gasteiger partial charge on any atom is 0.0932 e. The summed E-state index contributed by atoms with van der Waals surface area (Å²) in [5, 5.41) is 8.81. The molecule has 0 amide bonds. The molecule has 4 heteroatoms. The molecule has 0 unspecified atom stereocenters. The van der Waals surface area contributed by atoms with Crippen LogP contribution in [0.2, 0.25) is 0 Å². The van der Waals surface area contributed by atoms with Gasteiger partial charge in [0, 0.05) is 18.1 Å². The minimum atomic E-state index is 0.777. The van der Waals surface area contributed by atoms with Gasteiger partial charge < -0.3 is 0 Å². The summed E-state index contributed by atoms with van der Waals surface area (Å²) in [6, 6.07) is 0. The Kier molecular flexibility index (Phi) is 4.42. The van der Waals surface area contributed by atoms with Crippen LogP contribution in [-0.2, 0) is 11.9 Å². The first-order valence-corrected chi connectivity index (χ1v) is 5.79. The number of nitrogens with zero attached hydrogens (tertiary/aromatic N) is 3. The highest BCUT2D eigenvalue weighted by atomic mass is 79.9. The van der Waals surface area contributed by atoms with Crippen molar-refractivity contribution in [2.45, 2.75) is 38.6 Å². The molecule has 0 N–H and O–H groups in total. The van der Waals surface area contributed by atoms with Gasteiger partial charge in [-0.2, -0.15) is 0 Å². The maximum atomic E-state index is 4.02. The van der Waals surface area contributed by atoms with Gasteiger partial charge in [0.05, 0.1) is 5.69 Å². The van der Waals surface area contributed by atoms with Gasteiger partial charge in [0.15, 0.2) is 0 Å². The van der Waals surface area contributed by atoms with Crippen molar-refractivity contribution in [1.82, 2.24) is 15.0 Å². The Morgan fingerprint density at radius 1 is 1.54 bits per heavy atom. The maximum absolute atomic E-state index is 4.02. The molecule has 0 fully saturated rings. The van der Waals surface area contributed by atoms with E-state index in [2.05, 4.69) is 40.1 Å². The lowest BCUT2D eigenvalue weighted by Crippen LogP contribution is -2.00. The van der Waals surface area contributed by atoms with Crippen molar-refractivity contribution in [2.24, 2.45) is 5.92 Å². The summed E-state index contributed by atoms with van der Waals surface area (Å²) >= 11 is 3.35. The predicted octanol–water partition coefficient (Wildman–Crippen LogP) is 2.61. The van der Waals surface area contributed by atoms with E-state index in [4.69, 9.17) is 0 Å². The summed E-state index contributed by atoms with van der Waals surface area (Å²) < 4.78 is 1.92. The number of aryl methyl sites for hydroxylation is 1. The molecule has 0 spiro atoms. The van der Waals surface area contributed by atoms with Crippen molar-refractivity contribution in [3.05, 3.63) is 11.9 Å². The van der Waals surface area contributed by atoms with Crippen molar-refractivity contribution in [3.63, 3.8) is 0 Å². The van der Waals surface area contributed by atoms with Crippen LogP contribution in [0.5, 0.6) is 0 Å². The first-order chi connectivity index (χ1) is 6.22.